The highest BCUT2D eigenvalue weighted by Crippen LogP contribution is 2.44. The molecule has 0 radical (unpaired) electrons. The fourth-order valence-electron chi connectivity index (χ4n) is 4.10. The minimum Gasteiger partial charge on any atom is -0.460 e. The van der Waals surface area contributed by atoms with Crippen LogP contribution in [0, 0.1) is 11.8 Å². The standard InChI is InChI=1S/C22H32Cl2O2/c1-14-7-12-17(18(13-14)26-20(25)19(23)24)22(5,6)16-10-8-15(9-11-16)21(2,3)4/h8-11,14,17-19H,7,12-13H2,1-6H3/t14-,17-,18-/m1/s1. The van der Waals surface area contributed by atoms with Gasteiger partial charge in [-0.2, -0.15) is 0 Å². The quantitative estimate of drug-likeness (QED) is 0.432. The zero-order valence-electron chi connectivity index (χ0n) is 16.8. The summed E-state index contributed by atoms with van der Waals surface area (Å²) in [6.07, 6.45) is 2.89. The molecule has 0 unspecified atom stereocenters. The van der Waals surface area contributed by atoms with E-state index in [-0.39, 0.29) is 22.9 Å². The fraction of sp³-hybridized carbons (Fsp3) is 0.682. The Hall–Kier alpha value is -0.730. The highest BCUT2D eigenvalue weighted by molar-refractivity contribution is 6.52. The molecule has 2 nitrogen and oxygen atoms in total. The Morgan fingerprint density at radius 1 is 1.04 bits per heavy atom. The molecule has 26 heavy (non-hydrogen) atoms. The Morgan fingerprint density at radius 2 is 1.58 bits per heavy atom. The Labute approximate surface area is 168 Å². The van der Waals surface area contributed by atoms with Crippen molar-refractivity contribution in [2.75, 3.05) is 0 Å². The third-order valence-electron chi connectivity index (χ3n) is 5.92. The van der Waals surface area contributed by atoms with Crippen LogP contribution in [-0.4, -0.2) is 16.9 Å². The summed E-state index contributed by atoms with van der Waals surface area (Å²) in [6.45, 7) is 13.4. The summed E-state index contributed by atoms with van der Waals surface area (Å²) in [4.78, 5) is 10.9. The molecule has 0 spiro atoms. The van der Waals surface area contributed by atoms with Crippen LogP contribution in [0.1, 0.15) is 71.9 Å². The summed E-state index contributed by atoms with van der Waals surface area (Å²) in [5, 5.41) is 0. The molecule has 0 bridgehead atoms. The van der Waals surface area contributed by atoms with E-state index in [2.05, 4.69) is 65.8 Å². The van der Waals surface area contributed by atoms with Gasteiger partial charge in [-0.15, -0.1) is 0 Å². The maximum Gasteiger partial charge on any atom is 0.339 e. The van der Waals surface area contributed by atoms with Crippen LogP contribution in [0.5, 0.6) is 0 Å². The van der Waals surface area contributed by atoms with Gasteiger partial charge in [0.15, 0.2) is 0 Å². The molecule has 1 fully saturated rings. The zero-order chi connectivity index (χ0) is 19.7. The third-order valence-corrected chi connectivity index (χ3v) is 6.28. The lowest BCUT2D eigenvalue weighted by Crippen LogP contribution is -2.44. The molecule has 0 heterocycles. The Morgan fingerprint density at radius 3 is 2.08 bits per heavy atom. The van der Waals surface area contributed by atoms with Crippen LogP contribution in [0.3, 0.4) is 0 Å². The maximum atomic E-state index is 12.0. The van der Waals surface area contributed by atoms with Crippen molar-refractivity contribution in [2.45, 2.75) is 82.6 Å². The van der Waals surface area contributed by atoms with E-state index in [0.717, 1.165) is 19.3 Å². The van der Waals surface area contributed by atoms with Crippen LogP contribution in [-0.2, 0) is 20.4 Å². The van der Waals surface area contributed by atoms with Crippen molar-refractivity contribution in [3.63, 3.8) is 0 Å². The predicted molar refractivity (Wildman–Crippen MR) is 110 cm³/mol. The lowest BCUT2D eigenvalue weighted by atomic mass is 9.64. The van der Waals surface area contributed by atoms with E-state index < -0.39 is 10.8 Å². The van der Waals surface area contributed by atoms with Crippen LogP contribution in [0.4, 0.5) is 0 Å². The van der Waals surface area contributed by atoms with E-state index >= 15 is 0 Å². The summed E-state index contributed by atoms with van der Waals surface area (Å²) in [7, 11) is 0. The SMILES string of the molecule is C[C@@H]1CC[C@@H](C(C)(C)c2ccc(C(C)(C)C)cc2)[C@H](OC(=O)C(Cl)Cl)C1. The van der Waals surface area contributed by atoms with Gasteiger partial charge in [-0.1, -0.05) is 95.4 Å². The van der Waals surface area contributed by atoms with E-state index in [9.17, 15) is 4.79 Å². The second-order valence-electron chi connectivity index (χ2n) is 9.35. The van der Waals surface area contributed by atoms with Crippen molar-refractivity contribution in [3.05, 3.63) is 35.4 Å². The van der Waals surface area contributed by atoms with Crippen LogP contribution < -0.4 is 0 Å². The third kappa shape index (κ3) is 4.95. The van der Waals surface area contributed by atoms with Gasteiger partial charge in [0, 0.05) is 5.92 Å². The molecule has 0 saturated heterocycles. The van der Waals surface area contributed by atoms with E-state index in [1.54, 1.807) is 0 Å². The first-order valence-corrected chi connectivity index (χ1v) is 10.4. The highest BCUT2D eigenvalue weighted by atomic mass is 35.5. The van der Waals surface area contributed by atoms with E-state index in [1.165, 1.54) is 11.1 Å². The number of alkyl halides is 2. The molecular formula is C22H32Cl2O2. The molecule has 2 rings (SSSR count). The first-order chi connectivity index (χ1) is 11.9. The van der Waals surface area contributed by atoms with Crippen LogP contribution >= 0.6 is 23.2 Å². The molecule has 0 aromatic heterocycles. The molecule has 3 atom stereocenters. The predicted octanol–water partition coefficient (Wildman–Crippen LogP) is 6.41. The summed E-state index contributed by atoms with van der Waals surface area (Å²) >= 11 is 11.4. The maximum absolute atomic E-state index is 12.0. The van der Waals surface area contributed by atoms with E-state index in [4.69, 9.17) is 27.9 Å². The summed E-state index contributed by atoms with van der Waals surface area (Å²) in [5.74, 6) is 0.249. The van der Waals surface area contributed by atoms with Crippen LogP contribution in [0.2, 0.25) is 0 Å². The second-order valence-corrected chi connectivity index (χ2v) is 10.4. The summed E-state index contributed by atoms with van der Waals surface area (Å²) in [6, 6.07) is 8.89. The molecular weight excluding hydrogens is 367 g/mol. The van der Waals surface area contributed by atoms with Gasteiger partial charge in [-0.3, -0.25) is 0 Å². The van der Waals surface area contributed by atoms with Crippen molar-refractivity contribution in [1.82, 2.24) is 0 Å². The van der Waals surface area contributed by atoms with Crippen molar-refractivity contribution < 1.29 is 9.53 Å². The van der Waals surface area contributed by atoms with Gasteiger partial charge in [-0.05, 0) is 40.7 Å². The molecule has 0 N–H and O–H groups in total. The number of esters is 1. The number of carbonyl (C=O) groups excluding carboxylic acids is 1. The topological polar surface area (TPSA) is 26.3 Å². The average molecular weight is 399 g/mol. The Kier molecular flexibility index (Phi) is 6.72. The second kappa shape index (κ2) is 8.10. The van der Waals surface area contributed by atoms with Gasteiger partial charge in [0.05, 0.1) is 0 Å². The number of ether oxygens (including phenoxy) is 1. The molecule has 1 aromatic carbocycles. The first-order valence-electron chi connectivity index (χ1n) is 9.52. The zero-order valence-corrected chi connectivity index (χ0v) is 18.3. The molecule has 1 aliphatic carbocycles. The molecule has 1 aromatic rings. The van der Waals surface area contributed by atoms with Crippen molar-refractivity contribution >= 4 is 29.2 Å². The monoisotopic (exact) mass is 398 g/mol. The molecule has 0 amide bonds. The number of hydrogen-bond acceptors (Lipinski definition) is 2. The fourth-order valence-corrected chi connectivity index (χ4v) is 4.20. The highest BCUT2D eigenvalue weighted by Gasteiger charge is 2.42. The molecule has 1 aliphatic rings. The Balaban J connectivity index is 2.27. The van der Waals surface area contributed by atoms with Gasteiger partial charge in [-0.25, -0.2) is 4.79 Å². The lowest BCUT2D eigenvalue weighted by Gasteiger charge is -2.44. The van der Waals surface area contributed by atoms with Gasteiger partial charge in [0.2, 0.25) is 4.84 Å². The van der Waals surface area contributed by atoms with E-state index in [1.807, 2.05) is 0 Å². The van der Waals surface area contributed by atoms with Crippen molar-refractivity contribution in [1.29, 1.82) is 0 Å². The van der Waals surface area contributed by atoms with Gasteiger partial charge in [0.1, 0.15) is 6.10 Å². The minimum absolute atomic E-state index is 0.102. The normalized spacial score (nSPS) is 24.6. The average Bonchev–Trinajstić information content (AvgIpc) is 2.54. The number of benzene rings is 1. The van der Waals surface area contributed by atoms with Gasteiger partial charge < -0.3 is 4.74 Å². The number of hydrogen-bond donors (Lipinski definition) is 0. The van der Waals surface area contributed by atoms with Crippen molar-refractivity contribution in [2.24, 2.45) is 11.8 Å². The number of rotatable bonds is 4. The van der Waals surface area contributed by atoms with Crippen LogP contribution in [0.15, 0.2) is 24.3 Å². The molecule has 4 heteroatoms. The largest absolute Gasteiger partial charge is 0.460 e. The van der Waals surface area contributed by atoms with Gasteiger partial charge in [0.25, 0.3) is 0 Å². The molecule has 1 saturated carbocycles. The lowest BCUT2D eigenvalue weighted by molar-refractivity contribution is -0.154. The first kappa shape index (κ1) is 21.6. The van der Waals surface area contributed by atoms with Gasteiger partial charge >= 0.3 is 5.97 Å². The number of halogens is 2. The summed E-state index contributed by atoms with van der Waals surface area (Å²) < 4.78 is 5.72. The van der Waals surface area contributed by atoms with E-state index in [0.29, 0.717) is 5.92 Å². The Bertz CT molecular complexity index is 614. The van der Waals surface area contributed by atoms with Crippen LogP contribution in [0.25, 0.3) is 0 Å². The minimum atomic E-state index is -1.12. The molecule has 146 valence electrons. The number of carbonyl (C=O) groups is 1. The smallest absolute Gasteiger partial charge is 0.339 e. The molecule has 0 aliphatic heterocycles. The summed E-state index contributed by atoms with van der Waals surface area (Å²) in [5.41, 5.74) is 2.63. The van der Waals surface area contributed by atoms with Crippen molar-refractivity contribution in [3.8, 4) is 0 Å².